The minimum absolute atomic E-state index is 0.0972. The average Bonchev–Trinajstić information content (AvgIpc) is 3.02. The molecule has 3 N–H and O–H groups in total. The lowest BCUT2D eigenvalue weighted by Gasteiger charge is -2.11. The fraction of sp³-hybridized carbons (Fsp3) is 0.294. The third-order valence-corrected chi connectivity index (χ3v) is 4.39. The van der Waals surface area contributed by atoms with Crippen molar-refractivity contribution in [3.05, 3.63) is 47.8 Å². The van der Waals surface area contributed by atoms with Crippen molar-refractivity contribution in [2.75, 3.05) is 18.2 Å². The van der Waals surface area contributed by atoms with Gasteiger partial charge in [0.1, 0.15) is 5.82 Å². The van der Waals surface area contributed by atoms with Gasteiger partial charge in [-0.05, 0) is 35.4 Å². The molecule has 0 radical (unpaired) electrons. The predicted octanol–water partition coefficient (Wildman–Crippen LogP) is 2.25. The second-order valence-corrected chi connectivity index (χ2v) is 6.14. The Morgan fingerprint density at radius 2 is 2.12 bits per heavy atom. The van der Waals surface area contributed by atoms with Gasteiger partial charge in [-0.25, -0.2) is 9.97 Å². The number of hydrogen-bond donors (Lipinski definition) is 3. The van der Waals surface area contributed by atoms with Gasteiger partial charge in [0.15, 0.2) is 5.16 Å². The van der Waals surface area contributed by atoms with Crippen molar-refractivity contribution in [2.24, 2.45) is 0 Å². The Morgan fingerprint density at radius 3 is 2.88 bits per heavy atom. The number of fused-ring (bicyclic) bond motifs is 1. The van der Waals surface area contributed by atoms with Gasteiger partial charge in [0.05, 0.1) is 13.2 Å². The summed E-state index contributed by atoms with van der Waals surface area (Å²) >= 11 is 1.47. The molecule has 0 saturated carbocycles. The molecule has 0 saturated heterocycles. The molecular formula is C17H20N4O2S. The number of aliphatic hydroxyl groups excluding tert-OH is 2. The van der Waals surface area contributed by atoms with Gasteiger partial charge >= 0.3 is 0 Å². The summed E-state index contributed by atoms with van der Waals surface area (Å²) < 4.78 is 2.03. The maximum absolute atomic E-state index is 9.42. The molecule has 0 aliphatic rings. The highest BCUT2D eigenvalue weighted by atomic mass is 32.2. The van der Waals surface area contributed by atoms with Crippen LogP contribution in [0.5, 0.6) is 0 Å². The number of benzene rings is 1. The Labute approximate surface area is 144 Å². The lowest BCUT2D eigenvalue weighted by molar-refractivity contribution is 0.278. The summed E-state index contributed by atoms with van der Waals surface area (Å²) in [6.07, 6.45) is 5.55. The topological polar surface area (TPSA) is 83.2 Å². The molecule has 3 rings (SSSR count). The average molecular weight is 344 g/mol. The number of aliphatic hydroxyl groups is 2. The van der Waals surface area contributed by atoms with E-state index in [2.05, 4.69) is 33.5 Å². The van der Waals surface area contributed by atoms with E-state index in [9.17, 15) is 5.11 Å². The van der Waals surface area contributed by atoms with Crippen molar-refractivity contribution in [1.82, 2.24) is 14.5 Å². The van der Waals surface area contributed by atoms with E-state index in [0.717, 1.165) is 16.5 Å². The van der Waals surface area contributed by atoms with Crippen LogP contribution in [0.4, 0.5) is 5.82 Å². The minimum atomic E-state index is -0.0972. The second-order valence-electron chi connectivity index (χ2n) is 5.37. The Morgan fingerprint density at radius 1 is 1.25 bits per heavy atom. The molecule has 2 heterocycles. The predicted molar refractivity (Wildman–Crippen MR) is 96.1 cm³/mol. The van der Waals surface area contributed by atoms with E-state index in [1.165, 1.54) is 11.8 Å². The largest absolute Gasteiger partial charge is 0.395 e. The molecule has 1 aromatic carbocycles. The minimum Gasteiger partial charge on any atom is -0.395 e. The summed E-state index contributed by atoms with van der Waals surface area (Å²) in [5, 5.41) is 23.6. The molecule has 0 aliphatic heterocycles. The molecule has 0 amide bonds. The Kier molecular flexibility index (Phi) is 5.34. The molecule has 3 aromatic rings. The van der Waals surface area contributed by atoms with Crippen molar-refractivity contribution >= 4 is 28.5 Å². The maximum atomic E-state index is 9.42. The van der Waals surface area contributed by atoms with Crippen LogP contribution in [-0.4, -0.2) is 37.6 Å². The third kappa shape index (κ3) is 3.53. The van der Waals surface area contributed by atoms with Crippen LogP contribution in [0.3, 0.4) is 0 Å². The van der Waals surface area contributed by atoms with Crippen LogP contribution in [0.2, 0.25) is 0 Å². The first kappa shape index (κ1) is 16.8. The van der Waals surface area contributed by atoms with Gasteiger partial charge in [-0.15, -0.1) is 0 Å². The van der Waals surface area contributed by atoms with Crippen molar-refractivity contribution in [2.45, 2.75) is 24.9 Å². The number of aromatic nitrogens is 3. The molecule has 0 aliphatic carbocycles. The SMILES string of the molecule is CSc1ncc(CO)c(NCc2ccc3c(ccn3CCO)c2)n1. The number of nitrogens with zero attached hydrogens (tertiary/aromatic N) is 3. The molecule has 0 spiro atoms. The van der Waals surface area contributed by atoms with Crippen molar-refractivity contribution in [3.8, 4) is 0 Å². The molecule has 6 nitrogen and oxygen atoms in total. The highest BCUT2D eigenvalue weighted by Crippen LogP contribution is 2.20. The van der Waals surface area contributed by atoms with Crippen LogP contribution < -0.4 is 5.32 Å². The van der Waals surface area contributed by atoms with Crippen LogP contribution in [0.15, 0.2) is 41.8 Å². The summed E-state index contributed by atoms with van der Waals surface area (Å²) in [5.41, 5.74) is 2.91. The van der Waals surface area contributed by atoms with E-state index in [4.69, 9.17) is 5.11 Å². The van der Waals surface area contributed by atoms with Gasteiger partial charge in [-0.3, -0.25) is 0 Å². The molecule has 0 fully saturated rings. The highest BCUT2D eigenvalue weighted by Gasteiger charge is 2.07. The fourth-order valence-corrected chi connectivity index (χ4v) is 2.95. The normalized spacial score (nSPS) is 11.1. The zero-order valence-electron chi connectivity index (χ0n) is 13.4. The molecular weight excluding hydrogens is 324 g/mol. The monoisotopic (exact) mass is 344 g/mol. The summed E-state index contributed by atoms with van der Waals surface area (Å²) in [5.74, 6) is 0.662. The Hall–Kier alpha value is -2.09. The summed E-state index contributed by atoms with van der Waals surface area (Å²) in [6.45, 7) is 1.24. The molecule has 0 unspecified atom stereocenters. The summed E-state index contributed by atoms with van der Waals surface area (Å²) in [7, 11) is 0. The number of thioether (sulfide) groups is 1. The molecule has 2 aromatic heterocycles. The molecule has 0 bridgehead atoms. The van der Waals surface area contributed by atoms with Crippen LogP contribution in [-0.2, 0) is 19.7 Å². The Bertz CT molecular complexity index is 835. The van der Waals surface area contributed by atoms with Crippen LogP contribution in [0.1, 0.15) is 11.1 Å². The maximum Gasteiger partial charge on any atom is 0.189 e. The number of anilines is 1. The quantitative estimate of drug-likeness (QED) is 0.450. The van der Waals surface area contributed by atoms with Crippen LogP contribution in [0.25, 0.3) is 10.9 Å². The first-order valence-electron chi connectivity index (χ1n) is 7.68. The van der Waals surface area contributed by atoms with Gasteiger partial charge in [0, 0.05) is 36.6 Å². The molecule has 7 heteroatoms. The summed E-state index contributed by atoms with van der Waals surface area (Å²) in [4.78, 5) is 8.59. The first-order chi connectivity index (χ1) is 11.7. The van der Waals surface area contributed by atoms with Gasteiger partial charge < -0.3 is 20.1 Å². The number of hydrogen-bond acceptors (Lipinski definition) is 6. The lowest BCUT2D eigenvalue weighted by Crippen LogP contribution is -2.06. The van der Waals surface area contributed by atoms with E-state index in [0.29, 0.717) is 29.6 Å². The Balaban J connectivity index is 1.78. The van der Waals surface area contributed by atoms with Gasteiger partial charge in [0.25, 0.3) is 0 Å². The molecule has 0 atom stereocenters. The van der Waals surface area contributed by atoms with Gasteiger partial charge in [-0.2, -0.15) is 0 Å². The first-order valence-corrected chi connectivity index (χ1v) is 8.91. The van der Waals surface area contributed by atoms with Crippen molar-refractivity contribution < 1.29 is 10.2 Å². The zero-order valence-corrected chi connectivity index (χ0v) is 14.3. The van der Waals surface area contributed by atoms with Crippen LogP contribution in [0, 0.1) is 0 Å². The second kappa shape index (κ2) is 7.65. The van der Waals surface area contributed by atoms with Crippen LogP contribution >= 0.6 is 11.8 Å². The fourth-order valence-electron chi connectivity index (χ4n) is 2.61. The van der Waals surface area contributed by atoms with Gasteiger partial charge in [0.2, 0.25) is 0 Å². The van der Waals surface area contributed by atoms with E-state index in [1.54, 1.807) is 6.20 Å². The van der Waals surface area contributed by atoms with E-state index >= 15 is 0 Å². The third-order valence-electron chi connectivity index (χ3n) is 3.83. The van der Waals surface area contributed by atoms with Gasteiger partial charge in [-0.1, -0.05) is 17.8 Å². The molecule has 126 valence electrons. The van der Waals surface area contributed by atoms with E-state index < -0.39 is 0 Å². The van der Waals surface area contributed by atoms with E-state index in [-0.39, 0.29) is 13.2 Å². The smallest absolute Gasteiger partial charge is 0.189 e. The van der Waals surface area contributed by atoms with Crippen molar-refractivity contribution in [3.63, 3.8) is 0 Å². The molecule has 24 heavy (non-hydrogen) atoms. The number of nitrogens with one attached hydrogen (secondary N) is 1. The number of rotatable bonds is 7. The van der Waals surface area contributed by atoms with E-state index in [1.807, 2.05) is 23.1 Å². The highest BCUT2D eigenvalue weighted by molar-refractivity contribution is 7.98. The van der Waals surface area contributed by atoms with Crippen molar-refractivity contribution in [1.29, 1.82) is 0 Å². The zero-order chi connectivity index (χ0) is 16.9. The summed E-state index contributed by atoms with van der Waals surface area (Å²) in [6, 6.07) is 8.27. The lowest BCUT2D eigenvalue weighted by atomic mass is 10.1. The standard InChI is InChI=1S/C17H20N4O2S/c1-24-17-19-10-14(11-23)16(20-17)18-9-12-2-3-15-13(8-12)4-5-21(15)6-7-22/h2-5,8,10,22-23H,6-7,9,11H2,1H3,(H,18,19,20).